The summed E-state index contributed by atoms with van der Waals surface area (Å²) in [5, 5.41) is 2.79. The van der Waals surface area contributed by atoms with Crippen molar-refractivity contribution in [2.75, 3.05) is 32.1 Å². The van der Waals surface area contributed by atoms with E-state index in [-0.39, 0.29) is 24.7 Å². The molecule has 0 unspecified atom stereocenters. The molecule has 3 rings (SSSR count). The van der Waals surface area contributed by atoms with Crippen molar-refractivity contribution in [3.63, 3.8) is 0 Å². The molecule has 29 heavy (non-hydrogen) atoms. The molecule has 1 heterocycles. The molecule has 0 saturated carbocycles. The fourth-order valence-electron chi connectivity index (χ4n) is 3.24. The number of carbonyl (C=O) groups is 1. The number of anilines is 1. The Labute approximate surface area is 176 Å². The second-order valence-corrected chi connectivity index (χ2v) is 7.44. The molecule has 0 spiro atoms. The molecule has 1 aliphatic rings. The molecular weight excluding hydrogens is 388 g/mol. The van der Waals surface area contributed by atoms with Crippen LogP contribution in [0.5, 0.6) is 11.5 Å². The number of hydrogen-bond acceptors (Lipinski definition) is 5. The van der Waals surface area contributed by atoms with Gasteiger partial charge < -0.3 is 24.4 Å². The third kappa shape index (κ3) is 5.92. The second-order valence-electron chi connectivity index (χ2n) is 7.06. The van der Waals surface area contributed by atoms with Crippen LogP contribution in [0.1, 0.15) is 19.4 Å². The van der Waals surface area contributed by atoms with E-state index in [4.69, 9.17) is 26.4 Å². The van der Waals surface area contributed by atoms with E-state index in [1.807, 2.05) is 24.3 Å². The Bertz CT molecular complexity index is 829. The van der Waals surface area contributed by atoms with Gasteiger partial charge in [-0.3, -0.25) is 4.79 Å². The van der Waals surface area contributed by atoms with Crippen molar-refractivity contribution in [3.8, 4) is 11.5 Å². The molecule has 0 radical (unpaired) electrons. The number of nitrogens with zero attached hydrogens (tertiary/aromatic N) is 1. The van der Waals surface area contributed by atoms with Crippen molar-refractivity contribution in [1.29, 1.82) is 0 Å². The normalized spacial score (nSPS) is 18.8. The van der Waals surface area contributed by atoms with Gasteiger partial charge in [0.15, 0.2) is 6.61 Å². The summed E-state index contributed by atoms with van der Waals surface area (Å²) in [6.45, 7) is 5.60. The molecule has 0 aliphatic carbocycles. The third-order valence-corrected chi connectivity index (χ3v) is 5.05. The molecule has 1 amide bonds. The van der Waals surface area contributed by atoms with Gasteiger partial charge in [-0.2, -0.15) is 0 Å². The number of carbonyl (C=O) groups excluding carboxylic acids is 1. The SMILES string of the molecule is COc1ccc(NC(=O)COc2ccc(C(=S)N3C[C@H](C)O[C@@H](C)C3)cc2)cc1. The molecule has 2 aromatic rings. The minimum absolute atomic E-state index is 0.0751. The summed E-state index contributed by atoms with van der Waals surface area (Å²) < 4.78 is 16.4. The van der Waals surface area contributed by atoms with E-state index in [0.29, 0.717) is 11.4 Å². The maximum Gasteiger partial charge on any atom is 0.262 e. The summed E-state index contributed by atoms with van der Waals surface area (Å²) in [7, 11) is 1.60. The number of rotatable bonds is 6. The molecule has 1 saturated heterocycles. The number of thiocarbonyl (C=S) groups is 1. The number of methoxy groups -OCH3 is 1. The summed E-state index contributed by atoms with van der Waals surface area (Å²) in [4.78, 5) is 15.1. The first-order valence-electron chi connectivity index (χ1n) is 9.56. The van der Waals surface area contributed by atoms with Gasteiger partial charge in [0.05, 0.1) is 19.3 Å². The molecule has 154 valence electrons. The monoisotopic (exact) mass is 414 g/mol. The molecule has 7 heteroatoms. The van der Waals surface area contributed by atoms with Crippen molar-refractivity contribution < 1.29 is 19.0 Å². The zero-order valence-electron chi connectivity index (χ0n) is 16.9. The Morgan fingerprint density at radius 1 is 1.07 bits per heavy atom. The van der Waals surface area contributed by atoms with Crippen LogP contribution in [-0.4, -0.2) is 54.8 Å². The lowest BCUT2D eigenvalue weighted by atomic mass is 10.1. The van der Waals surface area contributed by atoms with E-state index in [1.54, 1.807) is 31.4 Å². The van der Waals surface area contributed by atoms with E-state index in [0.717, 1.165) is 29.4 Å². The highest BCUT2D eigenvalue weighted by Gasteiger charge is 2.24. The number of ether oxygens (including phenoxy) is 3. The van der Waals surface area contributed by atoms with Crippen LogP contribution < -0.4 is 14.8 Å². The van der Waals surface area contributed by atoms with Gasteiger partial charge in [0, 0.05) is 24.3 Å². The lowest BCUT2D eigenvalue weighted by Crippen LogP contribution is -2.47. The highest BCUT2D eigenvalue weighted by Crippen LogP contribution is 2.19. The molecule has 1 N–H and O–H groups in total. The van der Waals surface area contributed by atoms with Crippen molar-refractivity contribution >= 4 is 28.8 Å². The lowest BCUT2D eigenvalue weighted by Gasteiger charge is -2.37. The minimum Gasteiger partial charge on any atom is -0.497 e. The van der Waals surface area contributed by atoms with E-state index in [2.05, 4.69) is 24.1 Å². The number of nitrogens with one attached hydrogen (secondary N) is 1. The minimum atomic E-state index is -0.231. The Morgan fingerprint density at radius 2 is 1.66 bits per heavy atom. The van der Waals surface area contributed by atoms with E-state index in [1.165, 1.54) is 0 Å². The molecule has 0 aromatic heterocycles. The molecule has 2 aromatic carbocycles. The van der Waals surface area contributed by atoms with E-state index in [9.17, 15) is 4.79 Å². The summed E-state index contributed by atoms with van der Waals surface area (Å²) in [5.41, 5.74) is 1.64. The lowest BCUT2D eigenvalue weighted by molar-refractivity contribution is -0.118. The first kappa shape index (κ1) is 21.1. The zero-order valence-corrected chi connectivity index (χ0v) is 17.7. The molecule has 6 nitrogen and oxygen atoms in total. The topological polar surface area (TPSA) is 60.0 Å². The van der Waals surface area contributed by atoms with Crippen LogP contribution in [0.2, 0.25) is 0 Å². The van der Waals surface area contributed by atoms with Gasteiger partial charge in [-0.1, -0.05) is 12.2 Å². The number of benzene rings is 2. The third-order valence-electron chi connectivity index (χ3n) is 4.55. The molecule has 1 aliphatic heterocycles. The van der Waals surface area contributed by atoms with Gasteiger partial charge in [0.25, 0.3) is 5.91 Å². The van der Waals surface area contributed by atoms with Gasteiger partial charge in [0.1, 0.15) is 16.5 Å². The Kier molecular flexibility index (Phi) is 7.06. The average Bonchev–Trinajstić information content (AvgIpc) is 2.72. The van der Waals surface area contributed by atoms with Crippen LogP contribution in [0.15, 0.2) is 48.5 Å². The summed E-state index contributed by atoms with van der Waals surface area (Å²) in [5.74, 6) is 1.12. The van der Waals surface area contributed by atoms with Crippen molar-refractivity contribution in [3.05, 3.63) is 54.1 Å². The first-order valence-corrected chi connectivity index (χ1v) is 9.97. The molecular formula is C22H26N2O4S. The highest BCUT2D eigenvalue weighted by molar-refractivity contribution is 7.80. The van der Waals surface area contributed by atoms with Crippen LogP contribution >= 0.6 is 12.2 Å². The van der Waals surface area contributed by atoms with Gasteiger partial charge >= 0.3 is 0 Å². The highest BCUT2D eigenvalue weighted by atomic mass is 32.1. The standard InChI is InChI=1S/C22H26N2O4S/c1-15-12-24(13-16(2)28-15)22(29)17-4-8-20(9-5-17)27-14-21(25)23-18-6-10-19(26-3)11-7-18/h4-11,15-16H,12-14H2,1-3H3,(H,23,25)/t15-,16-/m0/s1. The maximum absolute atomic E-state index is 12.1. The molecule has 1 fully saturated rings. The Morgan fingerprint density at radius 3 is 2.24 bits per heavy atom. The number of hydrogen-bond donors (Lipinski definition) is 1. The Balaban J connectivity index is 1.50. The average molecular weight is 415 g/mol. The largest absolute Gasteiger partial charge is 0.497 e. The fraction of sp³-hybridized carbons (Fsp3) is 0.364. The van der Waals surface area contributed by atoms with E-state index < -0.39 is 0 Å². The van der Waals surface area contributed by atoms with Crippen molar-refractivity contribution in [2.45, 2.75) is 26.1 Å². The van der Waals surface area contributed by atoms with E-state index >= 15 is 0 Å². The number of morpholine rings is 1. The first-order chi connectivity index (χ1) is 13.9. The van der Waals surface area contributed by atoms with Gasteiger partial charge in [-0.25, -0.2) is 0 Å². The maximum atomic E-state index is 12.1. The smallest absolute Gasteiger partial charge is 0.262 e. The van der Waals surface area contributed by atoms with Gasteiger partial charge in [-0.15, -0.1) is 0 Å². The van der Waals surface area contributed by atoms with Crippen molar-refractivity contribution in [2.24, 2.45) is 0 Å². The van der Waals surface area contributed by atoms with Crippen LogP contribution in [-0.2, 0) is 9.53 Å². The van der Waals surface area contributed by atoms with Crippen LogP contribution in [0, 0.1) is 0 Å². The van der Waals surface area contributed by atoms with Gasteiger partial charge in [0.2, 0.25) is 0 Å². The summed E-state index contributed by atoms with van der Waals surface area (Å²) >= 11 is 5.64. The predicted octanol–water partition coefficient (Wildman–Crippen LogP) is 3.50. The predicted molar refractivity (Wildman–Crippen MR) is 117 cm³/mol. The molecule has 2 atom stereocenters. The number of amides is 1. The van der Waals surface area contributed by atoms with Crippen LogP contribution in [0.4, 0.5) is 5.69 Å². The summed E-state index contributed by atoms with van der Waals surface area (Å²) in [6.07, 6.45) is 0.312. The Hall–Kier alpha value is -2.64. The zero-order chi connectivity index (χ0) is 20.8. The van der Waals surface area contributed by atoms with Crippen LogP contribution in [0.25, 0.3) is 0 Å². The molecule has 0 bridgehead atoms. The van der Waals surface area contributed by atoms with Crippen LogP contribution in [0.3, 0.4) is 0 Å². The second kappa shape index (κ2) is 9.71. The van der Waals surface area contributed by atoms with Crippen molar-refractivity contribution in [1.82, 2.24) is 4.90 Å². The quantitative estimate of drug-likeness (QED) is 0.730. The summed E-state index contributed by atoms with van der Waals surface area (Å²) in [6, 6.07) is 14.6. The fourth-order valence-corrected chi connectivity index (χ4v) is 3.53. The van der Waals surface area contributed by atoms with Gasteiger partial charge in [-0.05, 0) is 62.4 Å².